The van der Waals surface area contributed by atoms with Crippen LogP contribution in [0, 0.1) is 34.5 Å². The number of esters is 1. The van der Waals surface area contributed by atoms with E-state index in [1.54, 1.807) is 13.0 Å². The Kier molecular flexibility index (Phi) is 6.78. The van der Waals surface area contributed by atoms with Gasteiger partial charge in [-0.1, -0.05) is 6.92 Å². The zero-order chi connectivity index (χ0) is 27.0. The first-order chi connectivity index (χ1) is 18.0. The minimum Gasteiger partial charge on any atom is -0.458 e. The van der Waals surface area contributed by atoms with Gasteiger partial charge in [-0.15, -0.1) is 0 Å². The Hall–Kier alpha value is -1.07. The van der Waals surface area contributed by atoms with Crippen LogP contribution in [0.2, 0.25) is 0 Å². The quantitative estimate of drug-likeness (QED) is 0.266. The van der Waals surface area contributed by atoms with Crippen molar-refractivity contribution in [3.05, 3.63) is 11.6 Å². The van der Waals surface area contributed by atoms with E-state index in [1.807, 2.05) is 0 Å². The van der Waals surface area contributed by atoms with Crippen LogP contribution in [-0.4, -0.2) is 87.1 Å². The molecule has 9 heteroatoms. The third kappa shape index (κ3) is 3.80. The predicted octanol–water partition coefficient (Wildman–Crippen LogP) is 1.43. The Morgan fingerprint density at radius 1 is 1.00 bits per heavy atom. The summed E-state index contributed by atoms with van der Waals surface area (Å²) in [4.78, 5) is 11.8. The lowest BCUT2D eigenvalue weighted by molar-refractivity contribution is -0.311. The zero-order valence-corrected chi connectivity index (χ0v) is 22.5. The molecule has 4 aliphatic carbocycles. The summed E-state index contributed by atoms with van der Waals surface area (Å²) in [6.45, 7) is 4.27. The predicted molar refractivity (Wildman–Crippen MR) is 134 cm³/mol. The first kappa shape index (κ1) is 27.1. The molecule has 38 heavy (non-hydrogen) atoms. The van der Waals surface area contributed by atoms with Gasteiger partial charge in [0.05, 0.1) is 17.8 Å². The molecular formula is C29H44O9. The summed E-state index contributed by atoms with van der Waals surface area (Å²) < 4.78 is 17.1. The first-order valence-electron chi connectivity index (χ1n) is 14.6. The van der Waals surface area contributed by atoms with Crippen molar-refractivity contribution in [1.29, 1.82) is 0 Å². The number of hydrogen-bond donors (Lipinski definition) is 5. The molecule has 13 atom stereocenters. The number of aliphatic hydroxyl groups is 5. The van der Waals surface area contributed by atoms with Crippen LogP contribution >= 0.6 is 0 Å². The summed E-state index contributed by atoms with van der Waals surface area (Å²) in [6.07, 6.45) is 3.35. The fourth-order valence-corrected chi connectivity index (χ4v) is 9.91. The number of hydrogen-bond acceptors (Lipinski definition) is 9. The second-order valence-electron chi connectivity index (χ2n) is 13.4. The van der Waals surface area contributed by atoms with Crippen molar-refractivity contribution in [2.75, 3.05) is 13.2 Å². The van der Waals surface area contributed by atoms with Crippen molar-refractivity contribution in [1.82, 2.24) is 0 Å². The highest BCUT2D eigenvalue weighted by atomic mass is 16.7. The number of cyclic esters (lactones) is 1. The molecule has 0 aromatic rings. The maximum atomic E-state index is 12.4. The molecule has 1 saturated heterocycles. The molecular weight excluding hydrogens is 492 g/mol. The monoisotopic (exact) mass is 536 g/mol. The summed E-state index contributed by atoms with van der Waals surface area (Å²) in [5.41, 5.74) is -0.401. The lowest BCUT2D eigenvalue weighted by Crippen LogP contribution is -2.64. The van der Waals surface area contributed by atoms with E-state index in [9.17, 15) is 30.3 Å². The van der Waals surface area contributed by atoms with Crippen LogP contribution < -0.4 is 0 Å². The van der Waals surface area contributed by atoms with E-state index in [0.717, 1.165) is 50.5 Å². The molecule has 6 rings (SSSR count). The molecule has 0 radical (unpaired) electrons. The standard InChI is InChI=1S/C29H44O9/c1-15-23(32)24(33)25(34)26(37-15)38-18-5-9-28(14-30)17(12-18)3-4-21-20(28)6-8-27(2)19(7-10-29(21,27)35)16-11-22(31)36-13-16/h11,15,17-21,23-26,30,32-35H,3-10,12-14H2,1-2H3/t15?,17?,18?,19?,20-,21+,23?,24?,25?,26?,27?,28?,29?/m0/s1. The van der Waals surface area contributed by atoms with E-state index in [1.165, 1.54) is 0 Å². The van der Waals surface area contributed by atoms with Crippen molar-refractivity contribution in [2.24, 2.45) is 34.5 Å². The van der Waals surface area contributed by atoms with Gasteiger partial charge in [-0.3, -0.25) is 0 Å². The topological polar surface area (TPSA) is 146 Å². The zero-order valence-electron chi connectivity index (χ0n) is 22.5. The molecule has 2 aliphatic heterocycles. The fourth-order valence-electron chi connectivity index (χ4n) is 9.91. The largest absolute Gasteiger partial charge is 0.458 e. The molecule has 5 N–H and O–H groups in total. The van der Waals surface area contributed by atoms with Gasteiger partial charge in [0.2, 0.25) is 0 Å². The summed E-state index contributed by atoms with van der Waals surface area (Å²) in [7, 11) is 0. The second-order valence-corrected chi connectivity index (χ2v) is 13.4. The molecule has 2 heterocycles. The Balaban J connectivity index is 1.19. The van der Waals surface area contributed by atoms with Crippen molar-refractivity contribution >= 4 is 5.97 Å². The van der Waals surface area contributed by atoms with Gasteiger partial charge >= 0.3 is 5.97 Å². The average molecular weight is 537 g/mol. The molecule has 6 aliphatic rings. The molecule has 214 valence electrons. The van der Waals surface area contributed by atoms with Crippen LogP contribution in [0.4, 0.5) is 0 Å². The second kappa shape index (κ2) is 9.50. The third-order valence-electron chi connectivity index (χ3n) is 12.1. The normalized spacial score (nSPS) is 54.5. The lowest BCUT2D eigenvalue weighted by atomic mass is 9.43. The SMILES string of the molecule is CC1OC(OC2CCC3(CO)C(CC[C@@H]4[C@@H]3CCC3(C)C(C5=CC(=O)OC5)CCC43O)C2)C(O)C(O)C1O. The first-order valence-corrected chi connectivity index (χ1v) is 14.6. The Morgan fingerprint density at radius 3 is 2.50 bits per heavy atom. The molecule has 0 bridgehead atoms. The summed E-state index contributed by atoms with van der Waals surface area (Å²) in [5.74, 6) is 0.414. The van der Waals surface area contributed by atoms with Gasteiger partial charge in [-0.2, -0.15) is 0 Å². The van der Waals surface area contributed by atoms with Gasteiger partial charge in [0, 0.05) is 18.1 Å². The average Bonchev–Trinajstić information content (AvgIpc) is 3.45. The van der Waals surface area contributed by atoms with Crippen LogP contribution in [0.1, 0.15) is 71.6 Å². The highest BCUT2D eigenvalue weighted by molar-refractivity contribution is 5.85. The van der Waals surface area contributed by atoms with E-state index in [0.29, 0.717) is 19.4 Å². The highest BCUT2D eigenvalue weighted by Gasteiger charge is 2.68. The van der Waals surface area contributed by atoms with Crippen molar-refractivity contribution in [3.63, 3.8) is 0 Å². The van der Waals surface area contributed by atoms with Crippen molar-refractivity contribution in [3.8, 4) is 0 Å². The van der Waals surface area contributed by atoms with E-state index in [-0.39, 0.29) is 53.2 Å². The van der Waals surface area contributed by atoms with Gasteiger partial charge in [0.15, 0.2) is 6.29 Å². The third-order valence-corrected chi connectivity index (χ3v) is 12.1. The number of carbonyl (C=O) groups is 1. The summed E-state index contributed by atoms with van der Waals surface area (Å²) in [5, 5.41) is 53.9. The fraction of sp³-hybridized carbons (Fsp3) is 0.897. The molecule has 0 amide bonds. The Morgan fingerprint density at radius 2 is 1.79 bits per heavy atom. The Bertz CT molecular complexity index is 970. The lowest BCUT2D eigenvalue weighted by Gasteiger charge is -2.64. The number of aliphatic hydroxyl groups excluding tert-OH is 4. The van der Waals surface area contributed by atoms with Gasteiger partial charge in [-0.05, 0) is 99.4 Å². The van der Waals surface area contributed by atoms with Gasteiger partial charge < -0.3 is 39.7 Å². The van der Waals surface area contributed by atoms with Crippen molar-refractivity contribution < 1.29 is 44.5 Å². The maximum Gasteiger partial charge on any atom is 0.331 e. The summed E-state index contributed by atoms with van der Waals surface area (Å²) in [6, 6.07) is 0. The molecule has 5 fully saturated rings. The van der Waals surface area contributed by atoms with Crippen molar-refractivity contribution in [2.45, 2.75) is 114 Å². The Labute approximate surface area is 224 Å². The molecule has 9 nitrogen and oxygen atoms in total. The van der Waals surface area contributed by atoms with Crippen LogP contribution in [0.3, 0.4) is 0 Å². The molecule has 4 saturated carbocycles. The molecule has 11 unspecified atom stereocenters. The smallest absolute Gasteiger partial charge is 0.331 e. The minimum atomic E-state index is -1.32. The number of ether oxygens (including phenoxy) is 3. The van der Waals surface area contributed by atoms with E-state index in [2.05, 4.69) is 6.92 Å². The number of rotatable bonds is 4. The highest BCUT2D eigenvalue weighted by Crippen LogP contribution is 2.70. The van der Waals surface area contributed by atoms with E-state index < -0.39 is 36.3 Å². The van der Waals surface area contributed by atoms with Gasteiger partial charge in [0.25, 0.3) is 0 Å². The maximum absolute atomic E-state index is 12.4. The van der Waals surface area contributed by atoms with Crippen LogP contribution in [0.15, 0.2) is 11.6 Å². The summed E-state index contributed by atoms with van der Waals surface area (Å²) >= 11 is 0. The van der Waals surface area contributed by atoms with Crippen LogP contribution in [0.25, 0.3) is 0 Å². The van der Waals surface area contributed by atoms with Crippen LogP contribution in [0.5, 0.6) is 0 Å². The number of fused-ring (bicyclic) bond motifs is 5. The molecule has 0 aromatic heterocycles. The molecule has 0 spiro atoms. The molecule has 0 aromatic carbocycles. The van der Waals surface area contributed by atoms with Crippen LogP contribution in [-0.2, 0) is 19.0 Å². The van der Waals surface area contributed by atoms with E-state index in [4.69, 9.17) is 14.2 Å². The van der Waals surface area contributed by atoms with Gasteiger partial charge in [-0.25, -0.2) is 4.79 Å². The van der Waals surface area contributed by atoms with E-state index >= 15 is 0 Å². The number of carbonyl (C=O) groups excluding carboxylic acids is 1. The van der Waals surface area contributed by atoms with Gasteiger partial charge in [0.1, 0.15) is 24.9 Å². The minimum absolute atomic E-state index is 0.0831.